The number of rotatable bonds is 0. The number of fused-ring (bicyclic) bond motifs is 7. The summed E-state index contributed by atoms with van der Waals surface area (Å²) in [5, 5.41) is 7.64. The molecule has 2 aromatic heterocycles. The third kappa shape index (κ3) is 4.02. The number of nitrogen functional groups attached to an aromatic ring is 1. The van der Waals surface area contributed by atoms with Crippen molar-refractivity contribution in [2.45, 2.75) is 26.7 Å². The second-order valence-corrected chi connectivity index (χ2v) is 8.72. The van der Waals surface area contributed by atoms with Crippen LogP contribution < -0.4 is 20.7 Å². The Hall–Kier alpha value is -3.88. The Bertz CT molecular complexity index is 1260. The number of hydrogen-bond donors (Lipinski definition) is 2. The number of aromatic nitrogens is 3. The summed E-state index contributed by atoms with van der Waals surface area (Å²) in [6.45, 7) is 5.32. The molecule has 9 heteroatoms. The second kappa shape index (κ2) is 8.23. The minimum absolute atomic E-state index is 0.337. The van der Waals surface area contributed by atoms with E-state index in [-0.39, 0.29) is 5.91 Å². The molecule has 4 heterocycles. The number of hydrogen-bond acceptors (Lipinski definition) is 7. The van der Waals surface area contributed by atoms with E-state index in [1.54, 1.807) is 23.0 Å². The van der Waals surface area contributed by atoms with E-state index >= 15 is 0 Å². The summed E-state index contributed by atoms with van der Waals surface area (Å²) >= 11 is 0. The van der Waals surface area contributed by atoms with Crippen LogP contribution in [0.5, 0.6) is 5.88 Å². The van der Waals surface area contributed by atoms with Gasteiger partial charge < -0.3 is 20.7 Å². The summed E-state index contributed by atoms with van der Waals surface area (Å²) in [7, 11) is 1.84. The summed E-state index contributed by atoms with van der Waals surface area (Å²) in [4.78, 5) is 24.4. The zero-order valence-corrected chi connectivity index (χ0v) is 19.0. The fraction of sp³-hybridized carbons (Fsp3) is 0.333. The number of carbonyl (C=O) groups excluding carboxylic acids is 1. The molecule has 0 aliphatic carbocycles. The highest BCUT2D eigenvalue weighted by molar-refractivity contribution is 6.19. The van der Waals surface area contributed by atoms with Gasteiger partial charge in [-0.15, -0.1) is 0 Å². The minimum atomic E-state index is -0.344. The van der Waals surface area contributed by atoms with Crippen molar-refractivity contribution >= 4 is 28.9 Å². The number of carbonyl (C=O) groups is 1. The standard InChI is InChI=1S/C24H27N7O2/c1-14-5-4-8-33-23-18(12-26-30(23)3)20-10-16(9-15(2)27-20)22(32)29-24-28-19-7-6-17(25)11-21(19)31(24)13-14/h6-7,9-12,14H,4-5,8,13,25H2,1-3H3,(H,28,29,32). The molecule has 3 N–H and O–H groups in total. The Morgan fingerprint density at radius 3 is 2.94 bits per heavy atom. The molecule has 0 spiro atoms. The normalized spacial score (nSPS) is 19.7. The van der Waals surface area contributed by atoms with Gasteiger partial charge in [0.15, 0.2) is 0 Å². The van der Waals surface area contributed by atoms with Gasteiger partial charge in [0.1, 0.15) is 0 Å². The fourth-order valence-electron chi connectivity index (χ4n) is 4.32. The van der Waals surface area contributed by atoms with Crippen LogP contribution in [-0.2, 0) is 7.05 Å². The number of nitrogens with two attached hydrogens (primary N) is 1. The lowest BCUT2D eigenvalue weighted by Crippen LogP contribution is -2.35. The number of nitrogens with one attached hydrogen (secondary N) is 1. The molecule has 0 radical (unpaired) electrons. The number of amides is 1. The van der Waals surface area contributed by atoms with Crippen molar-refractivity contribution in [3.05, 3.63) is 47.8 Å². The number of guanidine groups is 1. The van der Waals surface area contributed by atoms with Crippen LogP contribution in [0.15, 0.2) is 41.5 Å². The Labute approximate surface area is 192 Å². The largest absolute Gasteiger partial charge is 0.477 e. The fourth-order valence-corrected chi connectivity index (χ4v) is 4.32. The Kier molecular flexibility index (Phi) is 5.24. The number of aliphatic imine (C=N–C) groups is 1. The van der Waals surface area contributed by atoms with Crippen molar-refractivity contribution in [1.82, 2.24) is 14.8 Å². The average molecular weight is 446 g/mol. The number of aryl methyl sites for hydroxylation is 2. The SMILES string of the molecule is Cc1cc2cc(n1)-c1cnn(C)c1OCCCC(C)CN1/C(=N/C2=O)Nc2ccc(N)cc21. The lowest BCUT2D eigenvalue weighted by molar-refractivity contribution is 0.100. The van der Waals surface area contributed by atoms with E-state index in [1.165, 1.54) is 0 Å². The van der Waals surface area contributed by atoms with Crippen LogP contribution in [0.4, 0.5) is 17.1 Å². The van der Waals surface area contributed by atoms with Crippen molar-refractivity contribution < 1.29 is 9.53 Å². The van der Waals surface area contributed by atoms with Crippen LogP contribution in [-0.4, -0.2) is 39.8 Å². The number of ether oxygens (including phenoxy) is 1. The lowest BCUT2D eigenvalue weighted by Gasteiger charge is -2.23. The molecule has 3 aromatic rings. The summed E-state index contributed by atoms with van der Waals surface area (Å²) in [6, 6.07) is 9.16. The molecule has 1 aromatic carbocycles. The third-order valence-electron chi connectivity index (χ3n) is 5.96. The summed E-state index contributed by atoms with van der Waals surface area (Å²) in [5.74, 6) is 1.15. The average Bonchev–Trinajstić information content (AvgIpc) is 3.30. The van der Waals surface area contributed by atoms with Crippen molar-refractivity contribution in [2.24, 2.45) is 18.0 Å². The molecule has 2 bridgehead atoms. The number of nitrogens with zero attached hydrogens (tertiary/aromatic N) is 5. The van der Waals surface area contributed by atoms with Crippen LogP contribution >= 0.6 is 0 Å². The number of anilines is 3. The molecule has 2 aliphatic rings. The highest BCUT2D eigenvalue weighted by atomic mass is 16.5. The van der Waals surface area contributed by atoms with Crippen molar-refractivity contribution in [2.75, 3.05) is 29.1 Å². The molecule has 0 saturated heterocycles. The molecule has 170 valence electrons. The quantitative estimate of drug-likeness (QED) is 0.509. The first kappa shape index (κ1) is 21.0. The third-order valence-corrected chi connectivity index (χ3v) is 5.96. The van der Waals surface area contributed by atoms with Gasteiger partial charge in [0.25, 0.3) is 5.91 Å². The van der Waals surface area contributed by atoms with Gasteiger partial charge in [-0.3, -0.25) is 9.78 Å². The number of pyridine rings is 1. The van der Waals surface area contributed by atoms with Gasteiger partial charge in [-0.05, 0) is 56.0 Å². The zero-order valence-electron chi connectivity index (χ0n) is 19.0. The van der Waals surface area contributed by atoms with Gasteiger partial charge in [0.05, 0.1) is 35.4 Å². The first-order chi connectivity index (χ1) is 15.9. The van der Waals surface area contributed by atoms with E-state index in [2.05, 4.69) is 27.3 Å². The predicted molar refractivity (Wildman–Crippen MR) is 129 cm³/mol. The van der Waals surface area contributed by atoms with Crippen LogP contribution in [0, 0.1) is 12.8 Å². The maximum absolute atomic E-state index is 13.3. The van der Waals surface area contributed by atoms with Crippen molar-refractivity contribution in [3.8, 4) is 17.1 Å². The van der Waals surface area contributed by atoms with Crippen LogP contribution in [0.3, 0.4) is 0 Å². The maximum Gasteiger partial charge on any atom is 0.280 e. The molecule has 2 aliphatic heterocycles. The minimum Gasteiger partial charge on any atom is -0.477 e. The lowest BCUT2D eigenvalue weighted by atomic mass is 10.1. The zero-order chi connectivity index (χ0) is 23.1. The molecule has 5 rings (SSSR count). The Morgan fingerprint density at radius 2 is 2.09 bits per heavy atom. The van der Waals surface area contributed by atoms with E-state index in [1.807, 2.05) is 37.1 Å². The summed E-state index contributed by atoms with van der Waals surface area (Å²) in [6.07, 6.45) is 3.56. The molecule has 1 atom stereocenters. The van der Waals surface area contributed by atoms with Crippen LogP contribution in [0.2, 0.25) is 0 Å². The van der Waals surface area contributed by atoms with Gasteiger partial charge >= 0.3 is 0 Å². The van der Waals surface area contributed by atoms with Gasteiger partial charge in [0, 0.05) is 30.5 Å². The smallest absolute Gasteiger partial charge is 0.280 e. The highest BCUT2D eigenvalue weighted by Gasteiger charge is 2.28. The highest BCUT2D eigenvalue weighted by Crippen LogP contribution is 2.35. The van der Waals surface area contributed by atoms with Gasteiger partial charge in [-0.2, -0.15) is 10.1 Å². The first-order valence-electron chi connectivity index (χ1n) is 11.1. The molecule has 1 amide bonds. The van der Waals surface area contributed by atoms with Gasteiger partial charge in [0.2, 0.25) is 11.8 Å². The number of benzene rings is 1. The molecule has 33 heavy (non-hydrogen) atoms. The topological polar surface area (TPSA) is 111 Å². The van der Waals surface area contributed by atoms with E-state index < -0.39 is 0 Å². The van der Waals surface area contributed by atoms with Crippen molar-refractivity contribution in [1.29, 1.82) is 0 Å². The molecule has 0 saturated carbocycles. The second-order valence-electron chi connectivity index (χ2n) is 8.72. The molecule has 1 unspecified atom stereocenters. The van der Waals surface area contributed by atoms with E-state index in [4.69, 9.17) is 10.5 Å². The monoisotopic (exact) mass is 445 g/mol. The Balaban J connectivity index is 1.60. The maximum atomic E-state index is 13.3. The molecule has 0 fully saturated rings. The first-order valence-corrected chi connectivity index (χ1v) is 11.1. The Morgan fingerprint density at radius 1 is 1.24 bits per heavy atom. The van der Waals surface area contributed by atoms with Gasteiger partial charge in [-0.1, -0.05) is 6.92 Å². The van der Waals surface area contributed by atoms with E-state index in [9.17, 15) is 4.79 Å². The van der Waals surface area contributed by atoms with Crippen LogP contribution in [0.1, 0.15) is 35.8 Å². The van der Waals surface area contributed by atoms with Gasteiger partial charge in [-0.25, -0.2) is 4.68 Å². The molecular formula is C24H27N7O2. The predicted octanol–water partition coefficient (Wildman–Crippen LogP) is 3.61. The van der Waals surface area contributed by atoms with Crippen molar-refractivity contribution in [3.63, 3.8) is 0 Å². The van der Waals surface area contributed by atoms with Crippen LogP contribution in [0.25, 0.3) is 11.3 Å². The van der Waals surface area contributed by atoms with E-state index in [0.717, 1.165) is 35.5 Å². The molecule has 9 nitrogen and oxygen atoms in total. The molecular weight excluding hydrogens is 418 g/mol. The summed E-state index contributed by atoms with van der Waals surface area (Å²) < 4.78 is 7.81. The summed E-state index contributed by atoms with van der Waals surface area (Å²) in [5.41, 5.74) is 11.1. The van der Waals surface area contributed by atoms with E-state index in [0.29, 0.717) is 47.9 Å².